The van der Waals surface area contributed by atoms with Gasteiger partial charge in [0.05, 0.1) is 11.9 Å². The molecule has 3 aromatic carbocycles. The van der Waals surface area contributed by atoms with Crippen molar-refractivity contribution >= 4 is 32.4 Å². The number of nitrogens with one attached hydrogen (secondary N) is 1. The van der Waals surface area contributed by atoms with Gasteiger partial charge < -0.3 is 4.90 Å². The van der Waals surface area contributed by atoms with Gasteiger partial charge in [-0.2, -0.15) is 0 Å². The minimum atomic E-state index is -3.41. The van der Waals surface area contributed by atoms with Gasteiger partial charge in [-0.3, -0.25) is 9.52 Å². The SMILES string of the molecule is Cc1ccc(C(=O)N(C)Cc2cccc3ccccc23)cc1NS(C)(=O)=O. The number of nitrogens with zero attached hydrogens (tertiary/aromatic N) is 1. The summed E-state index contributed by atoms with van der Waals surface area (Å²) in [5.41, 5.74) is 2.68. The number of hydrogen-bond donors (Lipinski definition) is 1. The Bertz CT molecular complexity index is 1100. The lowest BCUT2D eigenvalue weighted by atomic mass is 10.0. The molecular formula is C21H22N2O3S. The van der Waals surface area contributed by atoms with E-state index < -0.39 is 10.0 Å². The Kier molecular flexibility index (Phi) is 5.19. The molecule has 0 fully saturated rings. The zero-order valence-corrected chi connectivity index (χ0v) is 16.4. The van der Waals surface area contributed by atoms with Crippen molar-refractivity contribution < 1.29 is 13.2 Å². The van der Waals surface area contributed by atoms with Gasteiger partial charge in [0.15, 0.2) is 0 Å². The molecular weight excluding hydrogens is 360 g/mol. The second-order valence-electron chi connectivity index (χ2n) is 6.70. The number of hydrogen-bond acceptors (Lipinski definition) is 3. The van der Waals surface area contributed by atoms with Gasteiger partial charge in [-0.1, -0.05) is 48.5 Å². The second-order valence-corrected chi connectivity index (χ2v) is 8.45. The predicted octanol–water partition coefficient (Wildman–Crippen LogP) is 3.79. The fourth-order valence-electron chi connectivity index (χ4n) is 3.04. The number of fused-ring (bicyclic) bond motifs is 1. The van der Waals surface area contributed by atoms with Crippen LogP contribution in [0.5, 0.6) is 0 Å². The van der Waals surface area contributed by atoms with Gasteiger partial charge in [-0.25, -0.2) is 8.42 Å². The minimum absolute atomic E-state index is 0.167. The molecule has 0 aromatic heterocycles. The number of aryl methyl sites for hydroxylation is 1. The van der Waals surface area contributed by atoms with Crippen molar-refractivity contribution in [3.63, 3.8) is 0 Å². The summed E-state index contributed by atoms with van der Waals surface area (Å²) < 4.78 is 25.5. The molecule has 0 radical (unpaired) electrons. The maximum Gasteiger partial charge on any atom is 0.253 e. The van der Waals surface area contributed by atoms with Crippen molar-refractivity contribution in [2.75, 3.05) is 18.0 Å². The van der Waals surface area contributed by atoms with Gasteiger partial charge >= 0.3 is 0 Å². The van der Waals surface area contributed by atoms with E-state index in [1.54, 1.807) is 37.1 Å². The van der Waals surface area contributed by atoms with E-state index in [-0.39, 0.29) is 5.91 Å². The summed E-state index contributed by atoms with van der Waals surface area (Å²) >= 11 is 0. The maximum atomic E-state index is 12.9. The molecule has 140 valence electrons. The van der Waals surface area contributed by atoms with E-state index >= 15 is 0 Å². The average Bonchev–Trinajstić information content (AvgIpc) is 2.62. The summed E-state index contributed by atoms with van der Waals surface area (Å²) in [5, 5.41) is 2.24. The van der Waals surface area contributed by atoms with E-state index in [0.29, 0.717) is 17.8 Å². The largest absolute Gasteiger partial charge is 0.337 e. The highest BCUT2D eigenvalue weighted by molar-refractivity contribution is 7.92. The number of carbonyl (C=O) groups is 1. The molecule has 0 atom stereocenters. The molecule has 3 rings (SSSR count). The highest BCUT2D eigenvalue weighted by atomic mass is 32.2. The van der Waals surface area contributed by atoms with E-state index in [1.807, 2.05) is 42.5 Å². The van der Waals surface area contributed by atoms with Crippen LogP contribution in [0, 0.1) is 6.92 Å². The van der Waals surface area contributed by atoms with Crippen LogP contribution in [0.2, 0.25) is 0 Å². The standard InChI is InChI=1S/C21H22N2O3S/c1-15-11-12-17(13-20(15)22-27(3,25)26)21(24)23(2)14-18-9-6-8-16-7-4-5-10-19(16)18/h4-13,22H,14H2,1-3H3. The molecule has 27 heavy (non-hydrogen) atoms. The van der Waals surface area contributed by atoms with Crippen LogP contribution < -0.4 is 4.72 Å². The fourth-order valence-corrected chi connectivity index (χ4v) is 3.66. The van der Waals surface area contributed by atoms with Crippen LogP contribution >= 0.6 is 0 Å². The number of rotatable bonds is 5. The lowest BCUT2D eigenvalue weighted by molar-refractivity contribution is 0.0785. The Labute approximate surface area is 159 Å². The Morgan fingerprint density at radius 3 is 2.48 bits per heavy atom. The van der Waals surface area contributed by atoms with E-state index in [0.717, 1.165) is 28.2 Å². The second kappa shape index (κ2) is 7.40. The lowest BCUT2D eigenvalue weighted by Gasteiger charge is -2.19. The molecule has 0 aliphatic carbocycles. The first kappa shape index (κ1) is 18.9. The third kappa shape index (κ3) is 4.46. The Morgan fingerprint density at radius 1 is 1.04 bits per heavy atom. The number of carbonyl (C=O) groups excluding carboxylic acids is 1. The number of benzene rings is 3. The number of amides is 1. The third-order valence-corrected chi connectivity index (χ3v) is 5.00. The number of sulfonamides is 1. The first-order valence-electron chi connectivity index (χ1n) is 8.55. The van der Waals surface area contributed by atoms with Gasteiger partial charge in [-0.15, -0.1) is 0 Å². The molecule has 0 saturated heterocycles. The molecule has 3 aromatic rings. The van der Waals surface area contributed by atoms with Gasteiger partial charge in [0.1, 0.15) is 0 Å². The molecule has 0 bridgehead atoms. The fraction of sp³-hybridized carbons (Fsp3) is 0.190. The lowest BCUT2D eigenvalue weighted by Crippen LogP contribution is -2.26. The van der Waals surface area contributed by atoms with Crippen LogP contribution in [0.15, 0.2) is 60.7 Å². The summed E-state index contributed by atoms with van der Waals surface area (Å²) in [7, 11) is -1.67. The molecule has 6 heteroatoms. The summed E-state index contributed by atoms with van der Waals surface area (Å²) in [6.45, 7) is 2.25. The zero-order valence-electron chi connectivity index (χ0n) is 15.6. The minimum Gasteiger partial charge on any atom is -0.337 e. The molecule has 0 spiro atoms. The van der Waals surface area contributed by atoms with Gasteiger partial charge in [0.25, 0.3) is 5.91 Å². The van der Waals surface area contributed by atoms with Gasteiger partial charge in [0, 0.05) is 19.2 Å². The number of anilines is 1. The molecule has 0 aliphatic heterocycles. The van der Waals surface area contributed by atoms with Gasteiger partial charge in [0.2, 0.25) is 10.0 Å². The highest BCUT2D eigenvalue weighted by Crippen LogP contribution is 2.22. The van der Waals surface area contributed by atoms with Crippen molar-refractivity contribution in [3.8, 4) is 0 Å². The van der Waals surface area contributed by atoms with Crippen molar-refractivity contribution in [2.45, 2.75) is 13.5 Å². The third-order valence-electron chi connectivity index (χ3n) is 4.41. The van der Waals surface area contributed by atoms with Gasteiger partial charge in [-0.05, 0) is 41.0 Å². The van der Waals surface area contributed by atoms with E-state index in [4.69, 9.17) is 0 Å². The zero-order chi connectivity index (χ0) is 19.6. The predicted molar refractivity (Wildman–Crippen MR) is 109 cm³/mol. The Balaban J connectivity index is 1.86. The molecule has 1 amide bonds. The molecule has 0 unspecified atom stereocenters. The van der Waals surface area contributed by atoms with Crippen LogP contribution in [-0.2, 0) is 16.6 Å². The van der Waals surface area contributed by atoms with Crippen LogP contribution in [0.4, 0.5) is 5.69 Å². The normalized spacial score (nSPS) is 11.4. The quantitative estimate of drug-likeness (QED) is 0.730. The smallest absolute Gasteiger partial charge is 0.253 e. The molecule has 0 heterocycles. The molecule has 5 nitrogen and oxygen atoms in total. The average molecular weight is 382 g/mol. The molecule has 0 saturated carbocycles. The van der Waals surface area contributed by atoms with Crippen molar-refractivity contribution in [1.29, 1.82) is 0 Å². The summed E-state index contributed by atoms with van der Waals surface area (Å²) in [5.74, 6) is -0.167. The van der Waals surface area contributed by atoms with E-state index in [1.165, 1.54) is 0 Å². The summed E-state index contributed by atoms with van der Waals surface area (Å²) in [4.78, 5) is 14.5. The van der Waals surface area contributed by atoms with Crippen LogP contribution in [0.25, 0.3) is 10.8 Å². The Morgan fingerprint density at radius 2 is 1.74 bits per heavy atom. The van der Waals surface area contributed by atoms with Crippen LogP contribution in [0.3, 0.4) is 0 Å². The first-order chi connectivity index (χ1) is 12.7. The topological polar surface area (TPSA) is 66.5 Å². The summed E-state index contributed by atoms with van der Waals surface area (Å²) in [6.07, 6.45) is 1.09. The monoisotopic (exact) mass is 382 g/mol. The van der Waals surface area contributed by atoms with Crippen LogP contribution in [-0.4, -0.2) is 32.5 Å². The van der Waals surface area contributed by atoms with E-state index in [2.05, 4.69) is 4.72 Å². The van der Waals surface area contributed by atoms with Crippen molar-refractivity contribution in [1.82, 2.24) is 4.90 Å². The molecule has 0 aliphatic rings. The highest BCUT2D eigenvalue weighted by Gasteiger charge is 2.15. The van der Waals surface area contributed by atoms with Crippen molar-refractivity contribution in [2.24, 2.45) is 0 Å². The Hall–Kier alpha value is -2.86. The maximum absolute atomic E-state index is 12.9. The molecule has 1 N–H and O–H groups in total. The summed E-state index contributed by atoms with van der Waals surface area (Å²) in [6, 6.07) is 19.1. The van der Waals surface area contributed by atoms with E-state index in [9.17, 15) is 13.2 Å². The van der Waals surface area contributed by atoms with Crippen LogP contribution in [0.1, 0.15) is 21.5 Å². The first-order valence-corrected chi connectivity index (χ1v) is 10.4. The van der Waals surface area contributed by atoms with Crippen molar-refractivity contribution in [3.05, 3.63) is 77.4 Å².